The molecule has 0 bridgehead atoms. The molecule has 2 rings (SSSR count). The quantitative estimate of drug-likeness (QED) is 0.263. The van der Waals surface area contributed by atoms with Crippen molar-refractivity contribution in [3.63, 3.8) is 0 Å². The van der Waals surface area contributed by atoms with E-state index >= 15 is 0 Å². The van der Waals surface area contributed by atoms with Crippen LogP contribution in [0.15, 0.2) is 0 Å². The highest BCUT2D eigenvalue weighted by Gasteiger charge is 2.51. The van der Waals surface area contributed by atoms with Crippen molar-refractivity contribution >= 4 is 5.97 Å². The first-order valence-corrected chi connectivity index (χ1v) is 6.92. The Morgan fingerprint density at radius 1 is 0.870 bits per heavy atom. The van der Waals surface area contributed by atoms with Crippen molar-refractivity contribution in [3.05, 3.63) is 0 Å². The molecular formula is C12H20O11. The van der Waals surface area contributed by atoms with Gasteiger partial charge in [-0.1, -0.05) is 0 Å². The van der Waals surface area contributed by atoms with Gasteiger partial charge in [-0.3, -0.25) is 0 Å². The van der Waals surface area contributed by atoms with Crippen LogP contribution < -0.4 is 0 Å². The first kappa shape index (κ1) is 18.4. The zero-order chi connectivity index (χ0) is 17.5. The zero-order valence-corrected chi connectivity index (χ0v) is 12.0. The van der Waals surface area contributed by atoms with Crippen molar-refractivity contribution in [1.82, 2.24) is 0 Å². The summed E-state index contributed by atoms with van der Waals surface area (Å²) in [5.74, 6) is -1.58. The van der Waals surface area contributed by atoms with Gasteiger partial charge in [0.15, 0.2) is 18.7 Å². The van der Waals surface area contributed by atoms with Gasteiger partial charge in [0, 0.05) is 0 Å². The Morgan fingerprint density at radius 2 is 1.48 bits per heavy atom. The van der Waals surface area contributed by atoms with E-state index < -0.39 is 67.4 Å². The Kier molecular flexibility index (Phi) is 5.56. The van der Waals surface area contributed by atoms with Crippen LogP contribution in [0.25, 0.3) is 0 Å². The summed E-state index contributed by atoms with van der Waals surface area (Å²) in [4.78, 5) is 11.2. The van der Waals surface area contributed by atoms with E-state index in [0.29, 0.717) is 0 Å². The highest BCUT2D eigenvalue weighted by atomic mass is 16.7. The van der Waals surface area contributed by atoms with E-state index in [9.17, 15) is 35.4 Å². The van der Waals surface area contributed by atoms with Gasteiger partial charge in [-0.2, -0.15) is 0 Å². The molecule has 0 aromatic rings. The Balaban J connectivity index is 2.16. The number of ether oxygens (including phenoxy) is 3. The van der Waals surface area contributed by atoms with Crippen LogP contribution in [-0.2, 0) is 19.0 Å². The predicted octanol–water partition coefficient (Wildman–Crippen LogP) is -4.28. The van der Waals surface area contributed by atoms with Gasteiger partial charge in [0.1, 0.15) is 36.6 Å². The number of carboxylic acids is 1. The maximum absolute atomic E-state index is 11.2. The summed E-state index contributed by atoms with van der Waals surface area (Å²) in [6.07, 6.45) is -16.4. The van der Waals surface area contributed by atoms with Crippen LogP contribution >= 0.6 is 0 Å². The highest BCUT2D eigenvalue weighted by molar-refractivity contribution is 5.73. The second-order valence-corrected chi connectivity index (χ2v) is 5.55. The summed E-state index contributed by atoms with van der Waals surface area (Å²) in [6, 6.07) is 0. The number of carboxylic acid groups (broad SMARTS) is 1. The smallest absolute Gasteiger partial charge is 0.335 e. The van der Waals surface area contributed by atoms with Crippen molar-refractivity contribution in [2.75, 3.05) is 0 Å². The number of aliphatic hydroxyl groups excluding tert-OH is 6. The third kappa shape index (κ3) is 3.47. The van der Waals surface area contributed by atoms with Gasteiger partial charge in [-0.05, 0) is 6.92 Å². The van der Waals surface area contributed by atoms with Crippen molar-refractivity contribution in [1.29, 1.82) is 0 Å². The van der Waals surface area contributed by atoms with Gasteiger partial charge in [0.05, 0.1) is 6.10 Å². The SMILES string of the molecule is C[C@H]1OC(O[C@@H]2[C@H](O)[C@@H](O)[C@@H](O)O[C@@H]2C(=O)O)[C@@H](O)[C@@H](O)[C@@H]1O. The average Bonchev–Trinajstić information content (AvgIpc) is 2.50. The van der Waals surface area contributed by atoms with E-state index in [4.69, 9.17) is 14.6 Å². The monoisotopic (exact) mass is 340 g/mol. The van der Waals surface area contributed by atoms with Gasteiger partial charge < -0.3 is 50.0 Å². The fourth-order valence-electron chi connectivity index (χ4n) is 2.48. The third-order valence-electron chi connectivity index (χ3n) is 3.91. The van der Waals surface area contributed by atoms with Crippen LogP contribution in [0.2, 0.25) is 0 Å². The van der Waals surface area contributed by atoms with Gasteiger partial charge in [0.25, 0.3) is 0 Å². The number of hydrogen-bond donors (Lipinski definition) is 7. The maximum atomic E-state index is 11.2. The summed E-state index contributed by atoms with van der Waals surface area (Å²) in [5, 5.41) is 67.0. The first-order valence-electron chi connectivity index (χ1n) is 6.92. The second-order valence-electron chi connectivity index (χ2n) is 5.55. The molecule has 0 spiro atoms. The van der Waals surface area contributed by atoms with E-state index in [1.807, 2.05) is 0 Å². The topological polar surface area (TPSA) is 186 Å². The Labute approximate surface area is 130 Å². The van der Waals surface area contributed by atoms with Gasteiger partial charge in [0.2, 0.25) is 0 Å². The molecule has 2 fully saturated rings. The van der Waals surface area contributed by atoms with Crippen LogP contribution in [0.3, 0.4) is 0 Å². The summed E-state index contributed by atoms with van der Waals surface area (Å²) in [7, 11) is 0. The second kappa shape index (κ2) is 6.93. The molecule has 1 unspecified atom stereocenters. The Morgan fingerprint density at radius 3 is 2.04 bits per heavy atom. The average molecular weight is 340 g/mol. The number of rotatable bonds is 3. The Bertz CT molecular complexity index is 431. The molecule has 0 aliphatic carbocycles. The minimum atomic E-state index is -1.94. The minimum Gasteiger partial charge on any atom is -0.479 e. The molecular weight excluding hydrogens is 320 g/mol. The molecule has 0 radical (unpaired) electrons. The van der Waals surface area contributed by atoms with Crippen LogP contribution in [0.1, 0.15) is 6.92 Å². The molecule has 0 aromatic heterocycles. The predicted molar refractivity (Wildman–Crippen MR) is 67.8 cm³/mol. The molecule has 2 aliphatic rings. The molecule has 10 atom stereocenters. The van der Waals surface area contributed by atoms with Crippen molar-refractivity contribution in [2.45, 2.75) is 68.3 Å². The highest BCUT2D eigenvalue weighted by Crippen LogP contribution is 2.28. The fraction of sp³-hybridized carbons (Fsp3) is 0.917. The van der Waals surface area contributed by atoms with Crippen LogP contribution in [0.5, 0.6) is 0 Å². The molecule has 7 N–H and O–H groups in total. The molecule has 2 heterocycles. The van der Waals surface area contributed by atoms with Gasteiger partial charge in [-0.25, -0.2) is 4.79 Å². The van der Waals surface area contributed by atoms with E-state index in [0.717, 1.165) is 0 Å². The summed E-state index contributed by atoms with van der Waals surface area (Å²) in [5.41, 5.74) is 0. The lowest BCUT2D eigenvalue weighted by molar-refractivity contribution is -0.347. The number of aliphatic carboxylic acids is 1. The van der Waals surface area contributed by atoms with Crippen molar-refractivity contribution in [3.8, 4) is 0 Å². The minimum absolute atomic E-state index is 0.946. The molecule has 0 aromatic carbocycles. The van der Waals surface area contributed by atoms with Gasteiger partial charge in [-0.15, -0.1) is 0 Å². The normalized spacial score (nSPS) is 51.4. The standard InChI is InChI=1S/C12H20O11/c1-2-3(13)4(14)7(17)12(21-2)23-8-5(15)6(16)11(20)22-9(8)10(18)19/h2-9,11-17,20H,1H3,(H,18,19)/t2-,3-,4+,5-,6-,7+,8-,9+,11+,12?/m1/s1. The third-order valence-corrected chi connectivity index (χ3v) is 3.91. The molecule has 2 saturated heterocycles. The Hall–Kier alpha value is -0.890. The van der Waals surface area contributed by atoms with E-state index in [1.54, 1.807) is 0 Å². The lowest BCUT2D eigenvalue weighted by atomic mass is 9.97. The van der Waals surface area contributed by atoms with Crippen molar-refractivity contribution < 1.29 is 54.8 Å². The van der Waals surface area contributed by atoms with Crippen LogP contribution in [-0.4, -0.2) is 103 Å². The van der Waals surface area contributed by atoms with Crippen LogP contribution in [0.4, 0.5) is 0 Å². The molecule has 11 nitrogen and oxygen atoms in total. The zero-order valence-electron chi connectivity index (χ0n) is 12.0. The first-order chi connectivity index (χ1) is 10.6. The van der Waals surface area contributed by atoms with Crippen LogP contribution in [0, 0.1) is 0 Å². The molecule has 2 aliphatic heterocycles. The molecule has 0 saturated carbocycles. The lowest BCUT2D eigenvalue weighted by Gasteiger charge is -2.44. The van der Waals surface area contributed by atoms with E-state index in [-0.39, 0.29) is 0 Å². The fourth-order valence-corrected chi connectivity index (χ4v) is 2.48. The van der Waals surface area contributed by atoms with Crippen molar-refractivity contribution in [2.24, 2.45) is 0 Å². The van der Waals surface area contributed by atoms with E-state index in [2.05, 4.69) is 4.74 Å². The summed E-state index contributed by atoms with van der Waals surface area (Å²) >= 11 is 0. The maximum Gasteiger partial charge on any atom is 0.335 e. The summed E-state index contributed by atoms with van der Waals surface area (Å²) in [6.45, 7) is 1.39. The number of aliphatic hydroxyl groups is 6. The molecule has 11 heteroatoms. The van der Waals surface area contributed by atoms with Gasteiger partial charge >= 0.3 is 5.97 Å². The largest absolute Gasteiger partial charge is 0.479 e. The molecule has 134 valence electrons. The lowest BCUT2D eigenvalue weighted by Crippen LogP contribution is -2.64. The summed E-state index contributed by atoms with van der Waals surface area (Å²) < 4.78 is 15.0. The molecule has 23 heavy (non-hydrogen) atoms. The number of hydrogen-bond acceptors (Lipinski definition) is 10. The number of carbonyl (C=O) groups is 1. The van der Waals surface area contributed by atoms with E-state index in [1.165, 1.54) is 6.92 Å². The molecule has 0 amide bonds.